The Morgan fingerprint density at radius 1 is 1.18 bits per heavy atom. The van der Waals surface area contributed by atoms with Gasteiger partial charge in [-0.05, 0) is 43.7 Å². The summed E-state index contributed by atoms with van der Waals surface area (Å²) in [6, 6.07) is 7.12. The fourth-order valence-electron chi connectivity index (χ4n) is 4.98. The average molecular weight is 525 g/mol. The van der Waals surface area contributed by atoms with E-state index in [1.807, 2.05) is 24.3 Å². The molecule has 0 radical (unpaired) electrons. The average Bonchev–Trinajstić information content (AvgIpc) is 3.19. The van der Waals surface area contributed by atoms with Crippen molar-refractivity contribution in [3.63, 3.8) is 0 Å². The largest absolute Gasteiger partial charge is 0.459 e. The minimum absolute atomic E-state index is 0.0814. The van der Waals surface area contributed by atoms with Crippen molar-refractivity contribution in [1.29, 1.82) is 5.41 Å². The molecule has 0 saturated heterocycles. The molecule has 1 aliphatic carbocycles. The highest BCUT2D eigenvalue weighted by Crippen LogP contribution is 2.34. The molecule has 1 atom stereocenters. The van der Waals surface area contributed by atoms with E-state index in [0.29, 0.717) is 30.4 Å². The van der Waals surface area contributed by atoms with Crippen LogP contribution in [-0.4, -0.2) is 52.4 Å². The number of rotatable bonds is 10. The van der Waals surface area contributed by atoms with Gasteiger partial charge < -0.3 is 25.4 Å². The van der Waals surface area contributed by atoms with Gasteiger partial charge in [-0.15, -0.1) is 0 Å². The van der Waals surface area contributed by atoms with Crippen LogP contribution in [0.2, 0.25) is 0 Å². The van der Waals surface area contributed by atoms with Gasteiger partial charge in [0, 0.05) is 24.4 Å². The van der Waals surface area contributed by atoms with Gasteiger partial charge in [0.25, 0.3) is 5.91 Å². The van der Waals surface area contributed by atoms with Gasteiger partial charge in [-0.25, -0.2) is 0 Å². The normalized spacial score (nSPS) is 17.9. The zero-order chi connectivity index (χ0) is 27.9. The zero-order valence-corrected chi connectivity index (χ0v) is 23.5. The minimum Gasteiger partial charge on any atom is -0.459 e. The Labute approximate surface area is 227 Å². The van der Waals surface area contributed by atoms with Crippen molar-refractivity contribution in [2.75, 3.05) is 13.1 Å². The molecule has 0 aromatic heterocycles. The fourth-order valence-corrected chi connectivity index (χ4v) is 4.98. The lowest BCUT2D eigenvalue weighted by atomic mass is 9.84. The van der Waals surface area contributed by atoms with Crippen LogP contribution >= 0.6 is 0 Å². The smallest absolute Gasteiger partial charge is 0.251 e. The number of nitrogens with one attached hydrogen (secondary N) is 3. The molecule has 38 heavy (non-hydrogen) atoms. The molecule has 208 valence electrons. The SMILES string of the molecule is CC(C)(O)CN/C=C\C(=N)NC(=O)[C@H](CC1CCCCC1)N1CC(Oc2ccccc2C(C)(C)C)=CC1=O. The molecule has 0 bridgehead atoms. The number of aliphatic hydroxyl groups is 1. The van der Waals surface area contributed by atoms with Crippen LogP contribution in [0.15, 0.2) is 48.4 Å². The fraction of sp³-hybridized carbons (Fsp3) is 0.567. The third-order valence-corrected chi connectivity index (χ3v) is 6.95. The first-order valence-electron chi connectivity index (χ1n) is 13.6. The number of ether oxygens (including phenoxy) is 1. The Balaban J connectivity index is 1.71. The van der Waals surface area contributed by atoms with Crippen LogP contribution in [0.3, 0.4) is 0 Å². The van der Waals surface area contributed by atoms with Crippen molar-refractivity contribution >= 4 is 17.6 Å². The van der Waals surface area contributed by atoms with E-state index in [4.69, 9.17) is 10.1 Å². The van der Waals surface area contributed by atoms with Gasteiger partial charge in [0.2, 0.25) is 5.91 Å². The summed E-state index contributed by atoms with van der Waals surface area (Å²) in [5.41, 5.74) is 0.0251. The Morgan fingerprint density at radius 2 is 1.87 bits per heavy atom. The molecule has 1 aliphatic heterocycles. The highest BCUT2D eigenvalue weighted by molar-refractivity contribution is 6.05. The van der Waals surface area contributed by atoms with Crippen molar-refractivity contribution in [2.45, 2.75) is 90.2 Å². The first kappa shape index (κ1) is 29.4. The first-order valence-corrected chi connectivity index (χ1v) is 13.6. The summed E-state index contributed by atoms with van der Waals surface area (Å²) in [6.45, 7) is 10.2. The molecule has 1 heterocycles. The summed E-state index contributed by atoms with van der Waals surface area (Å²) in [4.78, 5) is 28.1. The Bertz CT molecular complexity index is 1060. The lowest BCUT2D eigenvalue weighted by molar-refractivity contribution is -0.135. The van der Waals surface area contributed by atoms with Gasteiger partial charge in [-0.2, -0.15) is 0 Å². The minimum atomic E-state index is -0.892. The van der Waals surface area contributed by atoms with Crippen molar-refractivity contribution in [3.05, 3.63) is 53.9 Å². The van der Waals surface area contributed by atoms with Gasteiger partial charge in [-0.1, -0.05) is 71.1 Å². The highest BCUT2D eigenvalue weighted by atomic mass is 16.5. The summed E-state index contributed by atoms with van der Waals surface area (Å²) >= 11 is 0. The molecule has 8 heteroatoms. The summed E-state index contributed by atoms with van der Waals surface area (Å²) < 4.78 is 6.21. The van der Waals surface area contributed by atoms with E-state index < -0.39 is 11.6 Å². The van der Waals surface area contributed by atoms with Crippen LogP contribution < -0.4 is 15.4 Å². The van der Waals surface area contributed by atoms with Crippen molar-refractivity contribution in [2.24, 2.45) is 5.92 Å². The number of carbonyl (C=O) groups excluding carboxylic acids is 2. The lowest BCUT2D eigenvalue weighted by Gasteiger charge is -2.32. The van der Waals surface area contributed by atoms with Crippen LogP contribution in [0.25, 0.3) is 0 Å². The number of hydrogen-bond acceptors (Lipinski definition) is 6. The zero-order valence-electron chi connectivity index (χ0n) is 23.5. The van der Waals surface area contributed by atoms with Crippen molar-refractivity contribution < 1.29 is 19.4 Å². The van der Waals surface area contributed by atoms with Crippen LogP contribution in [0.5, 0.6) is 5.75 Å². The van der Waals surface area contributed by atoms with E-state index in [2.05, 4.69) is 31.4 Å². The molecule has 4 N–H and O–H groups in total. The van der Waals surface area contributed by atoms with Gasteiger partial charge >= 0.3 is 0 Å². The molecule has 0 spiro atoms. The van der Waals surface area contributed by atoms with Crippen LogP contribution in [-0.2, 0) is 15.0 Å². The number of amides is 2. The summed E-state index contributed by atoms with van der Waals surface area (Å²) in [6.07, 6.45) is 10.6. The predicted octanol–water partition coefficient (Wildman–Crippen LogP) is 4.40. The second-order valence-corrected chi connectivity index (χ2v) is 12.1. The number of amidine groups is 1. The van der Waals surface area contributed by atoms with Crippen LogP contribution in [0.1, 0.15) is 78.7 Å². The second-order valence-electron chi connectivity index (χ2n) is 12.1. The van der Waals surface area contributed by atoms with Crippen LogP contribution in [0, 0.1) is 11.3 Å². The number of para-hydroxylation sites is 1. The summed E-state index contributed by atoms with van der Waals surface area (Å²) in [7, 11) is 0. The molecule has 1 aromatic rings. The Kier molecular flexibility index (Phi) is 9.77. The Hall–Kier alpha value is -3.13. The molecular weight excluding hydrogens is 480 g/mol. The summed E-state index contributed by atoms with van der Waals surface area (Å²) in [5.74, 6) is 0.877. The third-order valence-electron chi connectivity index (χ3n) is 6.95. The molecule has 8 nitrogen and oxygen atoms in total. The second kappa shape index (κ2) is 12.6. The monoisotopic (exact) mass is 524 g/mol. The maximum absolute atomic E-state index is 13.4. The van der Waals surface area contributed by atoms with Gasteiger partial charge in [0.1, 0.15) is 23.4 Å². The van der Waals surface area contributed by atoms with Gasteiger partial charge in [0.15, 0.2) is 0 Å². The van der Waals surface area contributed by atoms with Crippen molar-refractivity contribution in [3.8, 4) is 5.75 Å². The number of carbonyl (C=O) groups is 2. The van der Waals surface area contributed by atoms with E-state index in [1.54, 1.807) is 18.7 Å². The first-order chi connectivity index (χ1) is 17.8. The molecular formula is C30H44N4O4. The molecule has 2 amide bonds. The predicted molar refractivity (Wildman–Crippen MR) is 150 cm³/mol. The maximum atomic E-state index is 13.4. The lowest BCUT2D eigenvalue weighted by Crippen LogP contribution is -2.50. The Morgan fingerprint density at radius 3 is 2.53 bits per heavy atom. The standard InChI is InChI=1S/C30H44N4O4/c1-29(2,3)23-13-9-10-14-25(23)38-22-18-27(35)34(19-22)24(17-21-11-7-6-8-12-21)28(36)33-26(31)15-16-32-20-30(4,5)37/h9-10,13-16,18,21,24,32,37H,6-8,11-12,17,19-20H2,1-5H3,(H2,31,33,36)/b16-15-/t24-/m0/s1. The van der Waals surface area contributed by atoms with Gasteiger partial charge in [0.05, 0.1) is 12.1 Å². The van der Waals surface area contributed by atoms with E-state index in [-0.39, 0.29) is 29.6 Å². The maximum Gasteiger partial charge on any atom is 0.251 e. The van der Waals surface area contributed by atoms with E-state index in [0.717, 1.165) is 31.2 Å². The molecule has 1 saturated carbocycles. The molecule has 1 aromatic carbocycles. The van der Waals surface area contributed by atoms with E-state index in [9.17, 15) is 14.7 Å². The van der Waals surface area contributed by atoms with E-state index in [1.165, 1.54) is 24.8 Å². The number of benzene rings is 1. The quantitative estimate of drug-likeness (QED) is 0.268. The van der Waals surface area contributed by atoms with E-state index >= 15 is 0 Å². The number of nitrogens with zero attached hydrogens (tertiary/aromatic N) is 1. The molecule has 0 unspecified atom stereocenters. The highest BCUT2D eigenvalue weighted by Gasteiger charge is 2.36. The summed E-state index contributed by atoms with van der Waals surface area (Å²) in [5, 5.41) is 23.6. The third kappa shape index (κ3) is 8.72. The molecule has 1 fully saturated rings. The van der Waals surface area contributed by atoms with Crippen molar-refractivity contribution in [1.82, 2.24) is 15.5 Å². The molecule has 2 aliphatic rings. The van der Waals surface area contributed by atoms with Crippen LogP contribution in [0.4, 0.5) is 0 Å². The topological polar surface area (TPSA) is 115 Å². The van der Waals surface area contributed by atoms with Gasteiger partial charge in [-0.3, -0.25) is 15.0 Å². The number of hydrogen-bond donors (Lipinski definition) is 4. The molecule has 3 rings (SSSR count).